The van der Waals surface area contributed by atoms with Crippen LogP contribution in [0.4, 0.5) is 0 Å². The zero-order chi connectivity index (χ0) is 9.68. The first-order chi connectivity index (χ1) is 6.27. The number of ether oxygens (including phenoxy) is 1. The third kappa shape index (κ3) is 2.49. The standard InChI is InChI=1S/C9H7NO2S/c1-12-8-4-2-7(3-5-8)9(11)13-6-10/h2-5H,1H3. The summed E-state index contributed by atoms with van der Waals surface area (Å²) in [6.45, 7) is 0. The van der Waals surface area contributed by atoms with Gasteiger partial charge in [0, 0.05) is 17.3 Å². The van der Waals surface area contributed by atoms with Gasteiger partial charge in [-0.3, -0.25) is 4.79 Å². The number of carbonyl (C=O) groups is 1. The van der Waals surface area contributed by atoms with Gasteiger partial charge >= 0.3 is 0 Å². The number of carbonyl (C=O) groups excluding carboxylic acids is 1. The molecule has 0 aliphatic heterocycles. The average Bonchev–Trinajstić information content (AvgIpc) is 2.18. The van der Waals surface area contributed by atoms with Crippen molar-refractivity contribution in [3.05, 3.63) is 29.8 Å². The van der Waals surface area contributed by atoms with Gasteiger partial charge in [0.25, 0.3) is 0 Å². The molecule has 0 heterocycles. The Balaban J connectivity index is 2.81. The van der Waals surface area contributed by atoms with E-state index >= 15 is 0 Å². The topological polar surface area (TPSA) is 50.1 Å². The molecule has 0 saturated carbocycles. The number of nitrogens with zero attached hydrogens (tertiary/aromatic N) is 1. The van der Waals surface area contributed by atoms with E-state index in [0.717, 1.165) is 0 Å². The second-order valence-corrected chi connectivity index (χ2v) is 2.97. The van der Waals surface area contributed by atoms with Crippen molar-refractivity contribution in [2.24, 2.45) is 0 Å². The lowest BCUT2D eigenvalue weighted by molar-refractivity contribution is 0.109. The van der Waals surface area contributed by atoms with Crippen LogP contribution in [0.15, 0.2) is 24.3 Å². The Kier molecular flexibility index (Phi) is 3.35. The summed E-state index contributed by atoms with van der Waals surface area (Å²) in [6, 6.07) is 6.63. The Hall–Kier alpha value is -1.47. The van der Waals surface area contributed by atoms with Crippen LogP contribution < -0.4 is 4.74 Å². The fourth-order valence-corrected chi connectivity index (χ4v) is 1.16. The molecule has 13 heavy (non-hydrogen) atoms. The number of rotatable bonds is 2. The molecule has 0 saturated heterocycles. The molecule has 0 radical (unpaired) electrons. The van der Waals surface area contributed by atoms with E-state index in [-0.39, 0.29) is 5.12 Å². The minimum absolute atomic E-state index is 0.245. The van der Waals surface area contributed by atoms with E-state index in [4.69, 9.17) is 10.00 Å². The molecule has 0 N–H and O–H groups in total. The number of thioether (sulfide) groups is 1. The average molecular weight is 193 g/mol. The molecule has 3 nitrogen and oxygen atoms in total. The highest BCUT2D eigenvalue weighted by atomic mass is 32.2. The summed E-state index contributed by atoms with van der Waals surface area (Å²) in [5, 5.41) is 9.75. The predicted molar refractivity (Wildman–Crippen MR) is 50.5 cm³/mol. The van der Waals surface area contributed by atoms with Crippen LogP contribution in [0.5, 0.6) is 5.75 Å². The van der Waals surface area contributed by atoms with Crippen LogP contribution in [0.2, 0.25) is 0 Å². The van der Waals surface area contributed by atoms with Gasteiger partial charge in [-0.2, -0.15) is 5.26 Å². The van der Waals surface area contributed by atoms with Gasteiger partial charge in [0.15, 0.2) is 0 Å². The SMILES string of the molecule is COc1ccc(C(=O)SC#N)cc1. The molecule has 0 aliphatic rings. The summed E-state index contributed by atoms with van der Waals surface area (Å²) in [6.07, 6.45) is 0. The quantitative estimate of drug-likeness (QED) is 0.674. The van der Waals surface area contributed by atoms with Crippen LogP contribution in [-0.4, -0.2) is 12.2 Å². The number of hydrogen-bond donors (Lipinski definition) is 0. The summed E-state index contributed by atoms with van der Waals surface area (Å²) >= 11 is 0.624. The molecule has 0 fully saturated rings. The Bertz CT molecular complexity index is 340. The molecular formula is C9H7NO2S. The van der Waals surface area contributed by atoms with Gasteiger partial charge in [-0.25, -0.2) is 0 Å². The molecule has 0 spiro atoms. The van der Waals surface area contributed by atoms with Crippen molar-refractivity contribution in [2.45, 2.75) is 0 Å². The Morgan fingerprint density at radius 2 is 2.08 bits per heavy atom. The number of thiocyanates is 1. The second-order valence-electron chi connectivity index (χ2n) is 2.21. The van der Waals surface area contributed by atoms with Gasteiger partial charge in [-0.05, 0) is 24.3 Å². The van der Waals surface area contributed by atoms with Crippen molar-refractivity contribution >= 4 is 16.9 Å². The molecule has 0 aromatic heterocycles. The zero-order valence-corrected chi connectivity index (χ0v) is 7.80. The summed E-state index contributed by atoms with van der Waals surface area (Å²) in [5.41, 5.74) is 0.507. The largest absolute Gasteiger partial charge is 0.497 e. The zero-order valence-electron chi connectivity index (χ0n) is 6.98. The molecule has 0 amide bonds. The van der Waals surface area contributed by atoms with Crippen LogP contribution in [0, 0.1) is 10.7 Å². The highest BCUT2D eigenvalue weighted by Crippen LogP contribution is 2.15. The Morgan fingerprint density at radius 1 is 1.46 bits per heavy atom. The maximum atomic E-state index is 11.1. The Labute approximate surface area is 80.3 Å². The van der Waals surface area contributed by atoms with Gasteiger partial charge < -0.3 is 4.74 Å². The lowest BCUT2D eigenvalue weighted by Gasteiger charge is -1.99. The molecule has 4 heteroatoms. The number of nitriles is 1. The summed E-state index contributed by atoms with van der Waals surface area (Å²) in [7, 11) is 1.56. The van der Waals surface area contributed by atoms with Crippen molar-refractivity contribution < 1.29 is 9.53 Å². The molecule has 0 atom stereocenters. The molecule has 0 aliphatic carbocycles. The van der Waals surface area contributed by atoms with E-state index in [9.17, 15) is 4.79 Å². The van der Waals surface area contributed by atoms with Crippen molar-refractivity contribution in [2.75, 3.05) is 7.11 Å². The minimum Gasteiger partial charge on any atom is -0.497 e. The Morgan fingerprint density at radius 3 is 2.54 bits per heavy atom. The van der Waals surface area contributed by atoms with E-state index < -0.39 is 0 Å². The van der Waals surface area contributed by atoms with Crippen LogP contribution in [0.1, 0.15) is 10.4 Å². The first-order valence-electron chi connectivity index (χ1n) is 3.52. The monoisotopic (exact) mass is 193 g/mol. The molecule has 1 rings (SSSR count). The van der Waals surface area contributed by atoms with Crippen LogP contribution in [0.25, 0.3) is 0 Å². The number of hydrogen-bond acceptors (Lipinski definition) is 4. The molecule has 66 valence electrons. The normalized spacial score (nSPS) is 8.92. The van der Waals surface area contributed by atoms with Crippen molar-refractivity contribution in [1.29, 1.82) is 5.26 Å². The third-order valence-corrected chi connectivity index (χ3v) is 1.98. The number of benzene rings is 1. The first kappa shape index (κ1) is 9.62. The lowest BCUT2D eigenvalue weighted by atomic mass is 10.2. The highest BCUT2D eigenvalue weighted by molar-refractivity contribution is 8.18. The number of methoxy groups -OCH3 is 1. The smallest absolute Gasteiger partial charge is 0.233 e. The fraction of sp³-hybridized carbons (Fsp3) is 0.111. The third-order valence-electron chi connectivity index (χ3n) is 1.46. The van der Waals surface area contributed by atoms with Gasteiger partial charge in [0.2, 0.25) is 5.12 Å². The second kappa shape index (κ2) is 4.53. The molecular weight excluding hydrogens is 186 g/mol. The lowest BCUT2D eigenvalue weighted by Crippen LogP contribution is -1.91. The van der Waals surface area contributed by atoms with E-state index in [1.54, 1.807) is 36.8 Å². The van der Waals surface area contributed by atoms with E-state index in [1.165, 1.54) is 0 Å². The van der Waals surface area contributed by atoms with E-state index in [0.29, 0.717) is 23.1 Å². The first-order valence-corrected chi connectivity index (χ1v) is 4.34. The maximum Gasteiger partial charge on any atom is 0.233 e. The summed E-state index contributed by atoms with van der Waals surface area (Å²) < 4.78 is 4.93. The van der Waals surface area contributed by atoms with Crippen LogP contribution >= 0.6 is 11.8 Å². The van der Waals surface area contributed by atoms with Crippen molar-refractivity contribution in [3.8, 4) is 11.2 Å². The highest BCUT2D eigenvalue weighted by Gasteiger charge is 2.05. The summed E-state index contributed by atoms with van der Waals surface area (Å²) in [5.74, 6) is 0.693. The van der Waals surface area contributed by atoms with Gasteiger partial charge in [0.05, 0.1) is 7.11 Å². The fourth-order valence-electron chi connectivity index (χ4n) is 0.827. The van der Waals surface area contributed by atoms with Gasteiger partial charge in [0.1, 0.15) is 11.2 Å². The predicted octanol–water partition coefficient (Wildman–Crippen LogP) is 2.05. The molecule has 1 aromatic rings. The summed E-state index contributed by atoms with van der Waals surface area (Å²) in [4.78, 5) is 11.1. The van der Waals surface area contributed by atoms with Crippen LogP contribution in [-0.2, 0) is 0 Å². The molecule has 1 aromatic carbocycles. The van der Waals surface area contributed by atoms with E-state index in [1.807, 2.05) is 0 Å². The van der Waals surface area contributed by atoms with Gasteiger partial charge in [-0.15, -0.1) is 0 Å². The minimum atomic E-state index is -0.245. The molecule has 0 bridgehead atoms. The van der Waals surface area contributed by atoms with Crippen LogP contribution in [0.3, 0.4) is 0 Å². The van der Waals surface area contributed by atoms with E-state index in [2.05, 4.69) is 0 Å². The van der Waals surface area contributed by atoms with Crippen molar-refractivity contribution in [1.82, 2.24) is 0 Å². The maximum absolute atomic E-state index is 11.1. The van der Waals surface area contributed by atoms with Crippen molar-refractivity contribution in [3.63, 3.8) is 0 Å². The van der Waals surface area contributed by atoms with Gasteiger partial charge in [-0.1, -0.05) is 0 Å². The molecule has 0 unspecified atom stereocenters.